The van der Waals surface area contributed by atoms with E-state index in [1.54, 1.807) is 0 Å². The van der Waals surface area contributed by atoms with Crippen LogP contribution in [-0.2, 0) is 4.74 Å². The maximum absolute atomic E-state index is 6.13. The zero-order valence-electron chi connectivity index (χ0n) is 16.8. The third kappa shape index (κ3) is 8.94. The second kappa shape index (κ2) is 13.8. The first kappa shape index (κ1) is 22.0. The monoisotopic (exact) mass is 390 g/mol. The molecule has 27 heavy (non-hydrogen) atoms. The Kier molecular flexibility index (Phi) is 11.2. The van der Waals surface area contributed by atoms with Crippen molar-refractivity contribution in [2.24, 2.45) is 0 Å². The minimum Gasteiger partial charge on any atom is -0.384 e. The van der Waals surface area contributed by atoms with Crippen molar-refractivity contribution in [2.75, 3.05) is 25.1 Å². The van der Waals surface area contributed by atoms with Crippen molar-refractivity contribution in [3.63, 3.8) is 0 Å². The molecule has 150 valence electrons. The Morgan fingerprint density at radius 2 is 1.56 bits per heavy atom. The number of ether oxygens (including phenoxy) is 1. The predicted octanol–water partition coefficient (Wildman–Crippen LogP) is 7.24. The Morgan fingerprint density at radius 3 is 2.33 bits per heavy atom. The summed E-state index contributed by atoms with van der Waals surface area (Å²) in [6, 6.07) is 10.0. The molecule has 2 aromatic rings. The van der Waals surface area contributed by atoms with E-state index in [0.29, 0.717) is 5.15 Å². The summed E-state index contributed by atoms with van der Waals surface area (Å²) in [6.07, 6.45) is 12.7. The van der Waals surface area contributed by atoms with Crippen LogP contribution in [0.1, 0.15) is 71.1 Å². The standard InChI is InChI=1S/C23H35ClN2O/c1-2-3-4-12-17-27-18-13-8-6-5-7-11-16-25-22-19-23(24)26-21-15-10-9-14-20(21)22/h9-10,14-15,19H,2-8,11-13,16-18H2,1H3,(H,25,26). The van der Waals surface area contributed by atoms with Gasteiger partial charge in [-0.2, -0.15) is 0 Å². The molecule has 0 fully saturated rings. The van der Waals surface area contributed by atoms with Gasteiger partial charge in [0.15, 0.2) is 0 Å². The highest BCUT2D eigenvalue weighted by Crippen LogP contribution is 2.25. The van der Waals surface area contributed by atoms with Gasteiger partial charge in [-0.05, 0) is 31.4 Å². The lowest BCUT2D eigenvalue weighted by atomic mass is 10.1. The molecule has 3 nitrogen and oxygen atoms in total. The summed E-state index contributed by atoms with van der Waals surface area (Å²) in [5.41, 5.74) is 2.03. The van der Waals surface area contributed by atoms with Crippen LogP contribution in [0.25, 0.3) is 10.9 Å². The summed E-state index contributed by atoms with van der Waals surface area (Å²) in [6.45, 7) is 5.10. The molecule has 0 amide bonds. The highest BCUT2D eigenvalue weighted by molar-refractivity contribution is 6.30. The molecular formula is C23H35ClN2O. The number of halogens is 1. The number of para-hydroxylation sites is 1. The van der Waals surface area contributed by atoms with Crippen molar-refractivity contribution in [1.82, 2.24) is 4.98 Å². The van der Waals surface area contributed by atoms with Crippen molar-refractivity contribution in [1.29, 1.82) is 0 Å². The van der Waals surface area contributed by atoms with E-state index in [9.17, 15) is 0 Å². The molecule has 0 atom stereocenters. The van der Waals surface area contributed by atoms with Gasteiger partial charge in [-0.3, -0.25) is 0 Å². The summed E-state index contributed by atoms with van der Waals surface area (Å²) in [7, 11) is 0. The first-order valence-corrected chi connectivity index (χ1v) is 11.1. The second-order valence-corrected chi connectivity index (χ2v) is 7.62. The molecule has 0 aliphatic rings. The van der Waals surface area contributed by atoms with Crippen LogP contribution in [0.5, 0.6) is 0 Å². The Hall–Kier alpha value is -1.32. The maximum Gasteiger partial charge on any atom is 0.131 e. The third-order valence-electron chi connectivity index (χ3n) is 4.86. The van der Waals surface area contributed by atoms with Gasteiger partial charge >= 0.3 is 0 Å². The molecule has 4 heteroatoms. The average Bonchev–Trinajstić information content (AvgIpc) is 2.68. The van der Waals surface area contributed by atoms with E-state index in [2.05, 4.69) is 23.3 Å². The number of unbranched alkanes of at least 4 members (excludes halogenated alkanes) is 8. The molecule has 1 N–H and O–H groups in total. The van der Waals surface area contributed by atoms with Crippen LogP contribution < -0.4 is 5.32 Å². The van der Waals surface area contributed by atoms with Crippen LogP contribution in [0.3, 0.4) is 0 Å². The quantitative estimate of drug-likeness (QED) is 0.257. The SMILES string of the molecule is CCCCCCOCCCCCCCCNc1cc(Cl)nc2ccccc12. The summed E-state index contributed by atoms with van der Waals surface area (Å²) in [4.78, 5) is 4.37. The van der Waals surface area contributed by atoms with E-state index >= 15 is 0 Å². The third-order valence-corrected chi connectivity index (χ3v) is 5.05. The van der Waals surface area contributed by atoms with Gasteiger partial charge in [-0.15, -0.1) is 0 Å². The van der Waals surface area contributed by atoms with Crippen LogP contribution in [0.4, 0.5) is 5.69 Å². The number of nitrogens with zero attached hydrogens (tertiary/aromatic N) is 1. The van der Waals surface area contributed by atoms with Crippen molar-refractivity contribution >= 4 is 28.2 Å². The Bertz CT molecular complexity index is 647. The molecule has 0 bridgehead atoms. The molecule has 0 unspecified atom stereocenters. The first-order chi connectivity index (χ1) is 13.3. The molecule has 1 aromatic heterocycles. The minimum absolute atomic E-state index is 0.545. The number of aromatic nitrogens is 1. The molecule has 0 radical (unpaired) electrons. The fraction of sp³-hybridized carbons (Fsp3) is 0.609. The summed E-state index contributed by atoms with van der Waals surface area (Å²) < 4.78 is 5.69. The summed E-state index contributed by atoms with van der Waals surface area (Å²) in [5.74, 6) is 0. The van der Waals surface area contributed by atoms with E-state index in [-0.39, 0.29) is 0 Å². The van der Waals surface area contributed by atoms with Gasteiger partial charge in [-0.1, -0.05) is 81.7 Å². The van der Waals surface area contributed by atoms with Gasteiger partial charge in [0.1, 0.15) is 5.15 Å². The lowest BCUT2D eigenvalue weighted by molar-refractivity contribution is 0.126. The number of rotatable bonds is 15. The number of pyridine rings is 1. The second-order valence-electron chi connectivity index (χ2n) is 7.23. The first-order valence-electron chi connectivity index (χ1n) is 10.7. The molecule has 0 saturated heterocycles. The van der Waals surface area contributed by atoms with Gasteiger partial charge in [-0.25, -0.2) is 4.98 Å². The van der Waals surface area contributed by atoms with Gasteiger partial charge < -0.3 is 10.1 Å². The molecule has 1 heterocycles. The topological polar surface area (TPSA) is 34.1 Å². The molecule has 0 aliphatic heterocycles. The van der Waals surface area contributed by atoms with E-state index < -0.39 is 0 Å². The fourth-order valence-electron chi connectivity index (χ4n) is 3.28. The Labute approximate surface area is 169 Å². The van der Waals surface area contributed by atoms with Gasteiger partial charge in [0.2, 0.25) is 0 Å². The van der Waals surface area contributed by atoms with Crippen molar-refractivity contribution in [3.8, 4) is 0 Å². The largest absolute Gasteiger partial charge is 0.384 e. The molecule has 0 aliphatic carbocycles. The van der Waals surface area contributed by atoms with E-state index in [0.717, 1.165) is 36.3 Å². The smallest absolute Gasteiger partial charge is 0.131 e. The number of fused-ring (bicyclic) bond motifs is 1. The molecule has 0 spiro atoms. The van der Waals surface area contributed by atoms with Crippen LogP contribution in [0, 0.1) is 0 Å². The normalized spacial score (nSPS) is 11.2. The highest BCUT2D eigenvalue weighted by atomic mass is 35.5. The minimum atomic E-state index is 0.545. The number of hydrogen-bond acceptors (Lipinski definition) is 3. The van der Waals surface area contributed by atoms with Crippen LogP contribution in [0.15, 0.2) is 30.3 Å². The van der Waals surface area contributed by atoms with Crippen molar-refractivity contribution in [2.45, 2.75) is 71.1 Å². The van der Waals surface area contributed by atoms with E-state index in [4.69, 9.17) is 16.3 Å². The van der Waals surface area contributed by atoms with Gasteiger partial charge in [0.05, 0.1) is 5.52 Å². The lowest BCUT2D eigenvalue weighted by Crippen LogP contribution is -2.02. The van der Waals surface area contributed by atoms with Crippen LogP contribution >= 0.6 is 11.6 Å². The predicted molar refractivity (Wildman–Crippen MR) is 118 cm³/mol. The number of hydrogen-bond donors (Lipinski definition) is 1. The lowest BCUT2D eigenvalue weighted by Gasteiger charge is -2.10. The van der Waals surface area contributed by atoms with E-state index in [1.165, 1.54) is 64.2 Å². The molecule has 0 saturated carbocycles. The Balaban J connectivity index is 1.48. The van der Waals surface area contributed by atoms with Crippen LogP contribution in [0.2, 0.25) is 5.15 Å². The molecule has 1 aromatic carbocycles. The zero-order valence-corrected chi connectivity index (χ0v) is 17.6. The van der Waals surface area contributed by atoms with Gasteiger partial charge in [0.25, 0.3) is 0 Å². The zero-order chi connectivity index (χ0) is 19.2. The van der Waals surface area contributed by atoms with E-state index in [1.807, 2.05) is 24.3 Å². The number of anilines is 1. The summed E-state index contributed by atoms with van der Waals surface area (Å²) in [5, 5.41) is 5.20. The van der Waals surface area contributed by atoms with Crippen molar-refractivity contribution in [3.05, 3.63) is 35.5 Å². The highest BCUT2D eigenvalue weighted by Gasteiger charge is 2.03. The number of benzene rings is 1. The average molecular weight is 391 g/mol. The summed E-state index contributed by atoms with van der Waals surface area (Å²) >= 11 is 6.13. The molecule has 2 rings (SSSR count). The van der Waals surface area contributed by atoms with Gasteiger partial charge in [0, 0.05) is 30.8 Å². The number of nitrogens with one attached hydrogen (secondary N) is 1. The Morgan fingerprint density at radius 1 is 0.889 bits per heavy atom. The van der Waals surface area contributed by atoms with Crippen molar-refractivity contribution < 1.29 is 4.74 Å². The maximum atomic E-state index is 6.13. The molecular weight excluding hydrogens is 356 g/mol. The fourth-order valence-corrected chi connectivity index (χ4v) is 3.48. The van der Waals surface area contributed by atoms with Crippen LogP contribution in [-0.4, -0.2) is 24.7 Å².